The van der Waals surface area contributed by atoms with E-state index in [1.165, 1.54) is 0 Å². The number of ether oxygens (including phenoxy) is 2. The maximum absolute atomic E-state index is 11.6. The molecule has 1 aliphatic rings. The fourth-order valence-electron chi connectivity index (χ4n) is 6.96. The van der Waals surface area contributed by atoms with E-state index in [-0.39, 0.29) is 0 Å². The Balaban J connectivity index is 1.62. The maximum Gasteiger partial charge on any atom is 0.498 e. The molecule has 48 heavy (non-hydrogen) atoms. The minimum absolute atomic E-state index is 0.358. The lowest BCUT2D eigenvalue weighted by Crippen LogP contribution is -2.56. The van der Waals surface area contributed by atoms with Crippen LogP contribution in [0.4, 0.5) is 0 Å². The van der Waals surface area contributed by atoms with Crippen molar-refractivity contribution in [2.75, 3.05) is 14.2 Å². The number of hydrogen-bond acceptors (Lipinski definition) is 6. The molecular weight excluding hydrogens is 615 g/mol. The van der Waals surface area contributed by atoms with Gasteiger partial charge in [-0.15, -0.1) is 6.58 Å². The van der Waals surface area contributed by atoms with Crippen LogP contribution in [0.15, 0.2) is 150 Å². The van der Waals surface area contributed by atoms with Crippen LogP contribution in [0.3, 0.4) is 0 Å². The first-order valence-corrected chi connectivity index (χ1v) is 19.8. The molecule has 246 valence electrons. The second-order valence-corrected chi connectivity index (χ2v) is 18.3. The molecule has 0 bridgehead atoms. The summed E-state index contributed by atoms with van der Waals surface area (Å²) in [5.41, 5.74) is 1.85. The second kappa shape index (κ2) is 13.8. The highest BCUT2D eigenvalue weighted by Gasteiger charge is 2.62. The molecule has 0 saturated carbocycles. The van der Waals surface area contributed by atoms with Crippen LogP contribution in [0.2, 0.25) is 19.6 Å². The Morgan fingerprint density at radius 1 is 0.667 bits per heavy atom. The summed E-state index contributed by atoms with van der Waals surface area (Å²) < 4.78 is 33.8. The third-order valence-electron chi connectivity index (χ3n) is 9.59. The molecule has 0 amide bonds. The van der Waals surface area contributed by atoms with Crippen LogP contribution in [0, 0.1) is 0 Å². The largest absolute Gasteiger partial charge is 0.498 e. The van der Waals surface area contributed by atoms with E-state index in [9.17, 15) is 5.11 Å². The van der Waals surface area contributed by atoms with Crippen molar-refractivity contribution < 1.29 is 28.3 Å². The van der Waals surface area contributed by atoms with E-state index in [1.54, 1.807) is 26.5 Å². The van der Waals surface area contributed by atoms with Gasteiger partial charge < -0.3 is 28.3 Å². The molecule has 0 aliphatic carbocycles. The number of hydrogen-bond donors (Lipinski definition) is 1. The Morgan fingerprint density at radius 3 is 1.33 bits per heavy atom. The molecule has 3 atom stereocenters. The van der Waals surface area contributed by atoms with Crippen LogP contribution in [0.1, 0.15) is 34.1 Å². The number of methoxy groups -OCH3 is 2. The van der Waals surface area contributed by atoms with Gasteiger partial charge in [-0.2, -0.15) is 0 Å². The maximum atomic E-state index is 11.6. The third-order valence-corrected chi connectivity index (χ3v) is 11.8. The van der Waals surface area contributed by atoms with E-state index < -0.39 is 44.7 Å². The van der Waals surface area contributed by atoms with Crippen molar-refractivity contribution in [1.82, 2.24) is 0 Å². The predicted molar refractivity (Wildman–Crippen MR) is 193 cm³/mol. The van der Waals surface area contributed by atoms with E-state index in [4.69, 9.17) is 23.2 Å². The second-order valence-electron chi connectivity index (χ2n) is 13.2. The van der Waals surface area contributed by atoms with Crippen LogP contribution in [0.5, 0.6) is 0 Å². The van der Waals surface area contributed by atoms with Gasteiger partial charge in [0.15, 0.2) is 0 Å². The molecular formula is C40H43BO6Si. The van der Waals surface area contributed by atoms with Gasteiger partial charge >= 0.3 is 7.12 Å². The zero-order valence-corrected chi connectivity index (χ0v) is 29.2. The molecule has 2 heterocycles. The molecule has 1 N–H and O–H groups in total. The first-order chi connectivity index (χ1) is 23.2. The summed E-state index contributed by atoms with van der Waals surface area (Å²) in [5.74, 6) is 0.358. The first kappa shape index (κ1) is 33.9. The van der Waals surface area contributed by atoms with Crippen LogP contribution in [-0.4, -0.2) is 46.7 Å². The molecule has 5 aromatic rings. The summed E-state index contributed by atoms with van der Waals surface area (Å²) in [7, 11) is 0.527. The monoisotopic (exact) mass is 658 g/mol. The smallest absolute Gasteiger partial charge is 0.467 e. The van der Waals surface area contributed by atoms with Crippen molar-refractivity contribution in [3.63, 3.8) is 0 Å². The van der Waals surface area contributed by atoms with Gasteiger partial charge in [-0.25, -0.2) is 0 Å². The van der Waals surface area contributed by atoms with E-state index in [0.717, 1.165) is 27.5 Å². The third kappa shape index (κ3) is 5.83. The predicted octanol–water partition coefficient (Wildman–Crippen LogP) is 7.41. The summed E-state index contributed by atoms with van der Waals surface area (Å²) >= 11 is 0. The van der Waals surface area contributed by atoms with Crippen LogP contribution in [0.25, 0.3) is 0 Å². The summed E-state index contributed by atoms with van der Waals surface area (Å²) in [5, 5.41) is 12.3. The molecule has 0 unspecified atom stereocenters. The van der Waals surface area contributed by atoms with Gasteiger partial charge in [-0.05, 0) is 28.3 Å². The van der Waals surface area contributed by atoms with Crippen molar-refractivity contribution in [1.29, 1.82) is 0 Å². The average molecular weight is 659 g/mol. The Bertz CT molecular complexity index is 1610. The molecule has 4 aromatic carbocycles. The SMILES string of the molecule is C=C([C@@H](O)c1occc1B1O[C@@H](C(OC)(c2ccccc2)c2ccccc2)[C@H](C(OC)(c2ccccc2)c2ccccc2)O1)[Si](C)(C)C. The van der Waals surface area contributed by atoms with Crippen LogP contribution >= 0.6 is 0 Å². The quantitative estimate of drug-likeness (QED) is 0.141. The summed E-state index contributed by atoms with van der Waals surface area (Å²) in [6.07, 6.45) is -1.01. The van der Waals surface area contributed by atoms with Crippen molar-refractivity contribution in [2.45, 2.75) is 49.2 Å². The average Bonchev–Trinajstić information content (AvgIpc) is 3.79. The fourth-order valence-corrected chi connectivity index (χ4v) is 7.91. The summed E-state index contributed by atoms with van der Waals surface area (Å²) in [4.78, 5) is 0. The molecule has 1 aromatic heterocycles. The topological polar surface area (TPSA) is 70.3 Å². The van der Waals surface area contributed by atoms with Crippen LogP contribution in [-0.2, 0) is 30.0 Å². The lowest BCUT2D eigenvalue weighted by molar-refractivity contribution is -0.136. The Hall–Kier alpha value is -4.02. The normalized spacial score (nSPS) is 17.8. The highest BCUT2D eigenvalue weighted by atomic mass is 28.3. The molecule has 6 nitrogen and oxygen atoms in total. The van der Waals surface area contributed by atoms with E-state index in [2.05, 4.69) is 74.8 Å². The molecule has 0 radical (unpaired) electrons. The Morgan fingerprint density at radius 2 is 1.02 bits per heavy atom. The highest BCUT2D eigenvalue weighted by molar-refractivity contribution is 6.83. The van der Waals surface area contributed by atoms with E-state index in [0.29, 0.717) is 11.2 Å². The van der Waals surface area contributed by atoms with E-state index in [1.807, 2.05) is 72.8 Å². The lowest BCUT2D eigenvalue weighted by atomic mass is 9.71. The number of furan rings is 1. The number of aliphatic hydroxyl groups is 1. The fraction of sp³-hybridized carbons (Fsp3) is 0.250. The van der Waals surface area contributed by atoms with Crippen molar-refractivity contribution >= 4 is 20.7 Å². The molecule has 6 rings (SSSR count). The van der Waals surface area contributed by atoms with Crippen molar-refractivity contribution in [3.8, 4) is 0 Å². The number of benzene rings is 4. The molecule has 8 heteroatoms. The number of aliphatic hydroxyl groups excluding tert-OH is 1. The molecule has 1 fully saturated rings. The minimum atomic E-state index is -1.94. The molecule has 0 spiro atoms. The van der Waals surface area contributed by atoms with E-state index >= 15 is 0 Å². The van der Waals surface area contributed by atoms with Gasteiger partial charge in [0.2, 0.25) is 0 Å². The lowest BCUT2D eigenvalue weighted by Gasteiger charge is -2.46. The van der Waals surface area contributed by atoms with Crippen molar-refractivity contribution in [2.24, 2.45) is 0 Å². The standard InChI is InChI=1S/C40H43BO6Si/c1-29(48(4,5)6)35(42)36-34(27-28-45-36)41-46-37(39(43-2,30-19-11-7-12-20-30)31-21-13-8-14-22-31)38(47-41)40(44-3,32-23-15-9-16-24-32)33-25-17-10-18-26-33/h7-28,35,37-38,42H,1H2,2-6H3/t35-,37-,38-/m1/s1. The van der Waals surface area contributed by atoms with Gasteiger partial charge in [0.25, 0.3) is 0 Å². The summed E-state index contributed by atoms with van der Waals surface area (Å²) in [6.45, 7) is 10.7. The van der Waals surface area contributed by atoms with Crippen LogP contribution < -0.4 is 5.46 Å². The first-order valence-electron chi connectivity index (χ1n) is 16.3. The zero-order chi connectivity index (χ0) is 33.9. The van der Waals surface area contributed by atoms with Gasteiger partial charge in [0.1, 0.15) is 35.3 Å². The summed E-state index contributed by atoms with van der Waals surface area (Å²) in [6, 6.07) is 42.1. The Labute approximate surface area is 285 Å². The van der Waals surface area contributed by atoms with Gasteiger partial charge in [0.05, 0.1) is 14.3 Å². The van der Waals surface area contributed by atoms with Gasteiger partial charge in [-0.3, -0.25) is 0 Å². The molecule has 1 saturated heterocycles. The zero-order valence-electron chi connectivity index (χ0n) is 28.2. The highest BCUT2D eigenvalue weighted by Crippen LogP contribution is 2.50. The molecule has 1 aliphatic heterocycles. The minimum Gasteiger partial charge on any atom is -0.467 e. The number of rotatable bonds is 12. The van der Waals surface area contributed by atoms with Gasteiger partial charge in [-0.1, -0.05) is 146 Å². The van der Waals surface area contributed by atoms with Crippen molar-refractivity contribution in [3.05, 3.63) is 173 Å². The van der Waals surface area contributed by atoms with Gasteiger partial charge in [0, 0.05) is 19.7 Å². The Kier molecular flexibility index (Phi) is 9.77.